The number of hydrogen-bond acceptors (Lipinski definition) is 4. The average molecular weight is 318 g/mol. The van der Waals surface area contributed by atoms with Gasteiger partial charge in [0.25, 0.3) is 5.91 Å². The second kappa shape index (κ2) is 6.53. The summed E-state index contributed by atoms with van der Waals surface area (Å²) >= 11 is 7.37. The van der Waals surface area contributed by atoms with E-state index in [1.807, 2.05) is 19.9 Å². The molecule has 0 spiro atoms. The van der Waals surface area contributed by atoms with E-state index >= 15 is 0 Å². The molecule has 0 radical (unpaired) electrons. The molecule has 1 N–H and O–H groups in total. The molecule has 0 atom stereocenters. The smallest absolute Gasteiger partial charge is 0.266 e. The molecule has 0 bridgehead atoms. The van der Waals surface area contributed by atoms with Gasteiger partial charge in [-0.3, -0.25) is 4.79 Å². The maximum absolute atomic E-state index is 12.1. The molecule has 1 aromatic heterocycles. The zero-order valence-corrected chi connectivity index (χ0v) is 13.0. The van der Waals surface area contributed by atoms with E-state index in [-0.39, 0.29) is 5.57 Å². The Morgan fingerprint density at radius 1 is 1.48 bits per heavy atom. The highest BCUT2D eigenvalue weighted by molar-refractivity contribution is 7.09. The number of carbonyl (C=O) groups excluding carboxylic acids is 1. The number of nitrogens with zero attached hydrogens (tertiary/aromatic N) is 2. The number of benzene rings is 1. The lowest BCUT2D eigenvalue weighted by molar-refractivity contribution is -0.112. The van der Waals surface area contributed by atoms with Crippen molar-refractivity contribution < 1.29 is 4.79 Å². The highest BCUT2D eigenvalue weighted by Gasteiger charge is 2.12. The van der Waals surface area contributed by atoms with Crippen LogP contribution in [0.5, 0.6) is 0 Å². The fraction of sp³-hybridized carbons (Fsp3) is 0.133. The summed E-state index contributed by atoms with van der Waals surface area (Å²) in [7, 11) is 0. The molecule has 0 unspecified atom stereocenters. The molecule has 4 nitrogen and oxygen atoms in total. The highest BCUT2D eigenvalue weighted by atomic mass is 35.5. The number of nitrogens with one attached hydrogen (secondary N) is 1. The Bertz CT molecular complexity index is 759. The number of aryl methyl sites for hydroxylation is 2. The van der Waals surface area contributed by atoms with Crippen LogP contribution in [0, 0.1) is 25.2 Å². The Balaban J connectivity index is 2.23. The van der Waals surface area contributed by atoms with E-state index in [9.17, 15) is 4.79 Å². The van der Waals surface area contributed by atoms with Crippen LogP contribution in [0.15, 0.2) is 29.2 Å². The molecule has 0 fully saturated rings. The highest BCUT2D eigenvalue weighted by Crippen LogP contribution is 2.21. The van der Waals surface area contributed by atoms with Gasteiger partial charge in [-0.2, -0.15) is 5.26 Å². The van der Waals surface area contributed by atoms with Crippen LogP contribution >= 0.6 is 22.9 Å². The Kier molecular flexibility index (Phi) is 4.73. The van der Waals surface area contributed by atoms with Gasteiger partial charge in [0.1, 0.15) is 11.6 Å². The SMILES string of the molecule is Cc1nc(/C=C(\C#N)C(=O)Nc2cc(Cl)ccc2C)cs1. The Morgan fingerprint density at radius 3 is 2.86 bits per heavy atom. The summed E-state index contributed by atoms with van der Waals surface area (Å²) in [5.74, 6) is -0.478. The number of aromatic nitrogens is 1. The lowest BCUT2D eigenvalue weighted by Gasteiger charge is -2.07. The minimum absolute atomic E-state index is 0.000300. The summed E-state index contributed by atoms with van der Waals surface area (Å²) in [6.07, 6.45) is 1.47. The number of halogens is 1. The summed E-state index contributed by atoms with van der Waals surface area (Å²) in [5, 5.41) is 15.0. The minimum atomic E-state index is -0.478. The van der Waals surface area contributed by atoms with E-state index in [0.717, 1.165) is 10.6 Å². The zero-order chi connectivity index (χ0) is 15.4. The summed E-state index contributed by atoms with van der Waals surface area (Å²) in [6.45, 7) is 3.72. The molecule has 1 amide bonds. The predicted octanol–water partition coefficient (Wildman–Crippen LogP) is 3.96. The number of amides is 1. The Morgan fingerprint density at radius 2 is 2.24 bits per heavy atom. The number of rotatable bonds is 3. The minimum Gasteiger partial charge on any atom is -0.321 e. The Hall–Kier alpha value is -2.16. The molecule has 0 aliphatic heterocycles. The normalized spacial score (nSPS) is 11.0. The average Bonchev–Trinajstić information content (AvgIpc) is 2.85. The molecule has 0 saturated carbocycles. The van der Waals surface area contributed by atoms with Gasteiger partial charge in [0, 0.05) is 16.1 Å². The van der Waals surface area contributed by atoms with Crippen molar-refractivity contribution in [1.82, 2.24) is 4.98 Å². The molecule has 0 saturated heterocycles. The van der Waals surface area contributed by atoms with Crippen molar-refractivity contribution in [3.8, 4) is 6.07 Å². The van der Waals surface area contributed by atoms with E-state index in [1.165, 1.54) is 17.4 Å². The van der Waals surface area contributed by atoms with E-state index in [0.29, 0.717) is 16.4 Å². The fourth-order valence-electron chi connectivity index (χ4n) is 1.66. The van der Waals surface area contributed by atoms with Crippen molar-refractivity contribution in [2.45, 2.75) is 13.8 Å². The van der Waals surface area contributed by atoms with Crippen molar-refractivity contribution in [2.24, 2.45) is 0 Å². The number of carbonyl (C=O) groups is 1. The maximum Gasteiger partial charge on any atom is 0.266 e. The summed E-state index contributed by atoms with van der Waals surface area (Å²) < 4.78 is 0. The van der Waals surface area contributed by atoms with Crippen molar-refractivity contribution in [3.05, 3.63) is 50.4 Å². The second-order valence-electron chi connectivity index (χ2n) is 4.37. The third kappa shape index (κ3) is 3.91. The summed E-state index contributed by atoms with van der Waals surface area (Å²) in [4.78, 5) is 16.4. The van der Waals surface area contributed by atoms with Gasteiger partial charge in [-0.05, 0) is 37.6 Å². The van der Waals surface area contributed by atoms with Crippen LogP contribution < -0.4 is 5.32 Å². The van der Waals surface area contributed by atoms with Gasteiger partial charge in [-0.15, -0.1) is 11.3 Å². The van der Waals surface area contributed by atoms with Crippen LogP contribution in [0.1, 0.15) is 16.3 Å². The first-order chi connectivity index (χ1) is 9.99. The van der Waals surface area contributed by atoms with Gasteiger partial charge in [-0.1, -0.05) is 17.7 Å². The number of thiazole rings is 1. The van der Waals surface area contributed by atoms with E-state index in [1.54, 1.807) is 23.6 Å². The molecule has 21 heavy (non-hydrogen) atoms. The number of hydrogen-bond donors (Lipinski definition) is 1. The standard InChI is InChI=1S/C15H12ClN3OS/c1-9-3-4-12(16)6-14(9)19-15(20)11(7-17)5-13-8-21-10(2)18-13/h3-6,8H,1-2H3,(H,19,20)/b11-5+. The molecule has 2 aromatic rings. The van der Waals surface area contributed by atoms with Crippen molar-refractivity contribution in [2.75, 3.05) is 5.32 Å². The molecule has 6 heteroatoms. The van der Waals surface area contributed by atoms with Crippen LogP contribution in [-0.2, 0) is 4.79 Å². The monoisotopic (exact) mass is 317 g/mol. The van der Waals surface area contributed by atoms with E-state index in [4.69, 9.17) is 16.9 Å². The summed E-state index contributed by atoms with van der Waals surface area (Å²) in [6, 6.07) is 7.09. The number of nitriles is 1. The fourth-order valence-corrected chi connectivity index (χ4v) is 2.40. The number of anilines is 1. The second-order valence-corrected chi connectivity index (χ2v) is 5.87. The van der Waals surface area contributed by atoms with Crippen LogP contribution in [-0.4, -0.2) is 10.9 Å². The van der Waals surface area contributed by atoms with Crippen molar-refractivity contribution in [3.63, 3.8) is 0 Å². The maximum atomic E-state index is 12.1. The molecular formula is C15H12ClN3OS. The zero-order valence-electron chi connectivity index (χ0n) is 11.5. The topological polar surface area (TPSA) is 65.8 Å². The Labute approximate surface area is 131 Å². The predicted molar refractivity (Wildman–Crippen MR) is 85.3 cm³/mol. The van der Waals surface area contributed by atoms with Crippen molar-refractivity contribution in [1.29, 1.82) is 5.26 Å². The third-order valence-corrected chi connectivity index (χ3v) is 3.77. The van der Waals surface area contributed by atoms with Gasteiger partial charge in [0.2, 0.25) is 0 Å². The van der Waals surface area contributed by atoms with E-state index in [2.05, 4.69) is 10.3 Å². The quantitative estimate of drug-likeness (QED) is 0.688. The van der Waals surface area contributed by atoms with Crippen LogP contribution in [0.4, 0.5) is 5.69 Å². The van der Waals surface area contributed by atoms with Gasteiger partial charge < -0.3 is 5.32 Å². The van der Waals surface area contributed by atoms with Crippen LogP contribution in [0.2, 0.25) is 5.02 Å². The third-order valence-electron chi connectivity index (χ3n) is 2.74. The molecule has 1 aromatic carbocycles. The molecule has 0 aliphatic rings. The first kappa shape index (κ1) is 15.2. The first-order valence-corrected chi connectivity index (χ1v) is 7.37. The van der Waals surface area contributed by atoms with Crippen LogP contribution in [0.25, 0.3) is 6.08 Å². The van der Waals surface area contributed by atoms with Crippen molar-refractivity contribution >= 4 is 40.6 Å². The largest absolute Gasteiger partial charge is 0.321 e. The summed E-state index contributed by atoms with van der Waals surface area (Å²) in [5.41, 5.74) is 2.06. The van der Waals surface area contributed by atoms with E-state index < -0.39 is 5.91 Å². The lowest BCUT2D eigenvalue weighted by atomic mass is 10.1. The first-order valence-electron chi connectivity index (χ1n) is 6.11. The molecule has 2 rings (SSSR count). The lowest BCUT2D eigenvalue weighted by Crippen LogP contribution is -2.14. The molecular weight excluding hydrogens is 306 g/mol. The van der Waals surface area contributed by atoms with Gasteiger partial charge in [-0.25, -0.2) is 4.98 Å². The molecule has 1 heterocycles. The van der Waals surface area contributed by atoms with Crippen LogP contribution in [0.3, 0.4) is 0 Å². The van der Waals surface area contributed by atoms with Gasteiger partial charge in [0.05, 0.1) is 10.7 Å². The molecule has 0 aliphatic carbocycles. The van der Waals surface area contributed by atoms with Gasteiger partial charge in [0.15, 0.2) is 0 Å². The van der Waals surface area contributed by atoms with Gasteiger partial charge >= 0.3 is 0 Å². The molecule has 106 valence electrons.